The maximum Gasteiger partial charge on any atom is 0.341 e. The first-order valence-electron chi connectivity index (χ1n) is 13.1. The third kappa shape index (κ3) is 7.87. The molecule has 6 heteroatoms. The SMILES string of the molecule is Cc1cc(OC/C=C(\c2ccc(C#CCn3cccn3)cc2)c2cccc(C(C)(C)C)c2)ccc1OCC(=O)O. The van der Waals surface area contributed by atoms with E-state index < -0.39 is 5.97 Å². The van der Waals surface area contributed by atoms with Gasteiger partial charge in [-0.05, 0) is 82.6 Å². The molecule has 0 unspecified atom stereocenters. The fourth-order valence-electron chi connectivity index (χ4n) is 4.14. The molecule has 1 heterocycles. The van der Waals surface area contributed by atoms with Crippen LogP contribution in [0.4, 0.5) is 0 Å². The first-order chi connectivity index (χ1) is 19.2. The summed E-state index contributed by atoms with van der Waals surface area (Å²) in [6.45, 7) is 9.01. The Labute approximate surface area is 235 Å². The lowest BCUT2D eigenvalue weighted by Gasteiger charge is -2.20. The van der Waals surface area contributed by atoms with Crippen LogP contribution in [0.2, 0.25) is 0 Å². The van der Waals surface area contributed by atoms with Crippen LogP contribution in [0.25, 0.3) is 5.57 Å². The number of carboxylic acid groups (broad SMARTS) is 1. The van der Waals surface area contributed by atoms with Gasteiger partial charge in [-0.3, -0.25) is 4.68 Å². The van der Waals surface area contributed by atoms with Gasteiger partial charge in [0.1, 0.15) is 24.7 Å². The van der Waals surface area contributed by atoms with Gasteiger partial charge in [-0.15, -0.1) is 0 Å². The molecule has 0 aliphatic rings. The maximum atomic E-state index is 10.8. The molecule has 4 aromatic rings. The van der Waals surface area contributed by atoms with Crippen LogP contribution < -0.4 is 9.47 Å². The van der Waals surface area contributed by atoms with Gasteiger partial charge >= 0.3 is 5.97 Å². The van der Waals surface area contributed by atoms with Crippen LogP contribution in [0, 0.1) is 18.8 Å². The number of benzene rings is 3. The number of carboxylic acids is 1. The number of rotatable bonds is 9. The highest BCUT2D eigenvalue weighted by Gasteiger charge is 2.15. The summed E-state index contributed by atoms with van der Waals surface area (Å²) in [6, 6.07) is 24.1. The van der Waals surface area contributed by atoms with Crippen molar-refractivity contribution in [2.75, 3.05) is 13.2 Å². The van der Waals surface area contributed by atoms with Gasteiger partial charge in [0, 0.05) is 18.0 Å². The highest BCUT2D eigenvalue weighted by atomic mass is 16.5. The van der Waals surface area contributed by atoms with Crippen LogP contribution in [0.15, 0.2) is 91.3 Å². The second-order valence-corrected chi connectivity index (χ2v) is 10.5. The summed E-state index contributed by atoms with van der Waals surface area (Å²) in [4.78, 5) is 10.8. The average molecular weight is 535 g/mol. The molecule has 0 amide bonds. The van der Waals surface area contributed by atoms with E-state index in [1.54, 1.807) is 23.0 Å². The number of ether oxygens (including phenoxy) is 2. The molecule has 0 saturated carbocycles. The summed E-state index contributed by atoms with van der Waals surface area (Å²) in [6.07, 6.45) is 5.73. The van der Waals surface area contributed by atoms with Crippen molar-refractivity contribution in [2.24, 2.45) is 0 Å². The predicted octanol–water partition coefficient (Wildman–Crippen LogP) is 6.51. The topological polar surface area (TPSA) is 73.6 Å². The van der Waals surface area contributed by atoms with Crippen LogP contribution in [0.3, 0.4) is 0 Å². The van der Waals surface area contributed by atoms with Gasteiger partial charge in [0.05, 0.1) is 0 Å². The number of nitrogens with zero attached hydrogens (tertiary/aromatic N) is 2. The molecule has 204 valence electrons. The summed E-state index contributed by atoms with van der Waals surface area (Å²) in [5.41, 5.74) is 6.28. The minimum Gasteiger partial charge on any atom is -0.489 e. The molecule has 0 atom stereocenters. The molecule has 0 radical (unpaired) electrons. The van der Waals surface area contributed by atoms with Crippen molar-refractivity contribution in [1.29, 1.82) is 0 Å². The predicted molar refractivity (Wildman–Crippen MR) is 158 cm³/mol. The molecule has 1 N–H and O–H groups in total. The van der Waals surface area contributed by atoms with Crippen LogP contribution in [-0.2, 0) is 16.8 Å². The molecule has 0 spiro atoms. The second-order valence-electron chi connectivity index (χ2n) is 10.5. The molecule has 6 nitrogen and oxygen atoms in total. The zero-order valence-corrected chi connectivity index (χ0v) is 23.3. The summed E-state index contributed by atoms with van der Waals surface area (Å²) < 4.78 is 13.2. The molecule has 0 aliphatic carbocycles. The fourth-order valence-corrected chi connectivity index (χ4v) is 4.14. The summed E-state index contributed by atoms with van der Waals surface area (Å²) in [5.74, 6) is 6.57. The van der Waals surface area contributed by atoms with E-state index in [0.29, 0.717) is 24.7 Å². The Hall–Kier alpha value is -4.76. The van der Waals surface area contributed by atoms with Gasteiger partial charge in [0.15, 0.2) is 6.61 Å². The lowest BCUT2D eigenvalue weighted by molar-refractivity contribution is -0.139. The molecular formula is C34H34N2O4. The monoisotopic (exact) mass is 534 g/mol. The van der Waals surface area contributed by atoms with Gasteiger partial charge in [0.2, 0.25) is 0 Å². The van der Waals surface area contributed by atoms with Crippen molar-refractivity contribution >= 4 is 11.5 Å². The van der Waals surface area contributed by atoms with E-state index in [1.165, 1.54) is 5.56 Å². The first-order valence-corrected chi connectivity index (χ1v) is 13.1. The molecule has 0 saturated heterocycles. The maximum absolute atomic E-state index is 10.8. The van der Waals surface area contributed by atoms with Gasteiger partial charge < -0.3 is 14.6 Å². The van der Waals surface area contributed by atoms with Crippen LogP contribution in [0.5, 0.6) is 11.5 Å². The molecular weight excluding hydrogens is 500 g/mol. The third-order valence-electron chi connectivity index (χ3n) is 6.30. The largest absolute Gasteiger partial charge is 0.489 e. The number of hydrogen-bond acceptors (Lipinski definition) is 4. The Kier molecular flexibility index (Phi) is 9.08. The molecule has 0 bridgehead atoms. The molecule has 1 aromatic heterocycles. The van der Waals surface area contributed by atoms with Gasteiger partial charge in [-0.2, -0.15) is 5.10 Å². The van der Waals surface area contributed by atoms with Crippen molar-refractivity contribution in [2.45, 2.75) is 39.7 Å². The lowest BCUT2D eigenvalue weighted by atomic mass is 9.84. The molecule has 4 rings (SSSR count). The fraction of sp³-hybridized carbons (Fsp3) is 0.235. The van der Waals surface area contributed by atoms with Crippen molar-refractivity contribution < 1.29 is 19.4 Å². The van der Waals surface area contributed by atoms with Gasteiger partial charge in [-0.1, -0.05) is 69.0 Å². The van der Waals surface area contributed by atoms with Crippen molar-refractivity contribution in [3.8, 4) is 23.3 Å². The normalized spacial score (nSPS) is 11.4. The molecule has 3 aromatic carbocycles. The zero-order chi connectivity index (χ0) is 28.5. The summed E-state index contributed by atoms with van der Waals surface area (Å²) in [7, 11) is 0. The van der Waals surface area contributed by atoms with E-state index in [0.717, 1.165) is 27.8 Å². The minimum absolute atomic E-state index is 0.0215. The Morgan fingerprint density at radius 2 is 1.80 bits per heavy atom. The van der Waals surface area contributed by atoms with E-state index in [4.69, 9.17) is 14.6 Å². The lowest BCUT2D eigenvalue weighted by Crippen LogP contribution is -2.11. The van der Waals surface area contributed by atoms with E-state index in [1.807, 2.05) is 37.4 Å². The minimum atomic E-state index is -1.01. The van der Waals surface area contributed by atoms with Gasteiger partial charge in [0.25, 0.3) is 0 Å². The number of carbonyl (C=O) groups is 1. The highest BCUT2D eigenvalue weighted by Crippen LogP contribution is 2.30. The van der Waals surface area contributed by atoms with Gasteiger partial charge in [-0.25, -0.2) is 4.79 Å². The number of aromatic nitrogens is 2. The standard InChI is InChI=1S/C34H34N2O4/c1-25-22-30(15-16-32(25)40-24-33(37)38)39-21-17-31(28-9-5-10-29(23-28)34(2,3)4)27-13-11-26(12-14-27)8-6-19-36-20-7-18-35-36/h5,7,9-18,20,22-23H,19,21,24H2,1-4H3,(H,37,38)/b31-17+. The van der Waals surface area contributed by atoms with Crippen molar-refractivity contribution in [3.63, 3.8) is 0 Å². The number of hydrogen-bond donors (Lipinski definition) is 1. The van der Waals surface area contributed by atoms with Crippen LogP contribution in [0.1, 0.15) is 48.6 Å². The Bertz CT molecular complexity index is 1530. The smallest absolute Gasteiger partial charge is 0.341 e. The van der Waals surface area contributed by atoms with E-state index in [2.05, 4.69) is 80.2 Å². The average Bonchev–Trinajstić information content (AvgIpc) is 3.44. The molecule has 0 aliphatic heterocycles. The zero-order valence-electron chi connectivity index (χ0n) is 23.3. The number of aryl methyl sites for hydroxylation is 1. The molecule has 0 fully saturated rings. The summed E-state index contributed by atoms with van der Waals surface area (Å²) in [5, 5.41) is 13.0. The van der Waals surface area contributed by atoms with Crippen LogP contribution in [-0.4, -0.2) is 34.1 Å². The Morgan fingerprint density at radius 3 is 2.48 bits per heavy atom. The van der Waals surface area contributed by atoms with Crippen molar-refractivity contribution in [1.82, 2.24) is 9.78 Å². The van der Waals surface area contributed by atoms with E-state index in [-0.39, 0.29) is 12.0 Å². The Balaban J connectivity index is 1.56. The van der Waals surface area contributed by atoms with Crippen LogP contribution >= 0.6 is 0 Å². The summed E-state index contributed by atoms with van der Waals surface area (Å²) >= 11 is 0. The van der Waals surface area contributed by atoms with E-state index in [9.17, 15) is 4.79 Å². The molecule has 40 heavy (non-hydrogen) atoms. The Morgan fingerprint density at radius 1 is 1.00 bits per heavy atom. The van der Waals surface area contributed by atoms with E-state index >= 15 is 0 Å². The van der Waals surface area contributed by atoms with Crippen molar-refractivity contribution in [3.05, 3.63) is 119 Å². The number of aliphatic carboxylic acids is 1. The highest BCUT2D eigenvalue weighted by molar-refractivity contribution is 5.80. The first kappa shape index (κ1) is 28.3. The third-order valence-corrected chi connectivity index (χ3v) is 6.30. The quantitative estimate of drug-likeness (QED) is 0.248. The second kappa shape index (κ2) is 12.9.